The Morgan fingerprint density at radius 1 is 1.29 bits per heavy atom. The Labute approximate surface area is 58.7 Å². The van der Waals surface area contributed by atoms with Crippen molar-refractivity contribution >= 4 is 39.0 Å². The van der Waals surface area contributed by atoms with Crippen LogP contribution in [0.1, 0.15) is 0 Å². The molecule has 0 saturated carbocycles. The molecule has 0 amide bonds. The number of hydrogen-bond acceptors (Lipinski definition) is 3. The molecule has 0 aromatic carbocycles. The molecule has 0 heterocycles. The molecule has 0 saturated heterocycles. The Balaban J connectivity index is 3.15. The van der Waals surface area contributed by atoms with E-state index in [2.05, 4.69) is 31.3 Å². The summed E-state index contributed by atoms with van der Waals surface area (Å²) >= 11 is 4.03. The molecule has 7 heavy (non-hydrogen) atoms. The zero-order valence-electron chi connectivity index (χ0n) is 4.76. The summed E-state index contributed by atoms with van der Waals surface area (Å²) < 4.78 is 0. The van der Waals surface area contributed by atoms with Gasteiger partial charge in [-0.15, -0.1) is 21.9 Å². The third kappa shape index (κ3) is 7.27. The molecule has 0 fully saturated rings. The van der Waals surface area contributed by atoms with Crippen molar-refractivity contribution in [1.29, 1.82) is 0 Å². The second-order valence-corrected chi connectivity index (χ2v) is 14.3. The summed E-state index contributed by atoms with van der Waals surface area (Å²) in [5.74, 6) is 0. The van der Waals surface area contributed by atoms with Gasteiger partial charge < -0.3 is 0 Å². The van der Waals surface area contributed by atoms with E-state index in [9.17, 15) is 0 Å². The first-order valence-corrected chi connectivity index (χ1v) is 9.48. The van der Waals surface area contributed by atoms with Crippen LogP contribution in [0.2, 0.25) is 19.6 Å². The Bertz CT molecular complexity index is 48.6. The van der Waals surface area contributed by atoms with Gasteiger partial charge in [0.1, 0.15) is 7.22 Å². The van der Waals surface area contributed by atoms with Crippen LogP contribution < -0.4 is 0 Å². The van der Waals surface area contributed by atoms with Crippen molar-refractivity contribution in [2.24, 2.45) is 0 Å². The quantitative estimate of drug-likeness (QED) is 0.384. The molecule has 0 radical (unpaired) electrons. The topological polar surface area (TPSA) is 0 Å². The highest BCUT2D eigenvalue weighted by atomic mass is 33.5. The van der Waals surface area contributed by atoms with Gasteiger partial charge in [-0.05, 0) is 9.83 Å². The number of thiol groups is 1. The second kappa shape index (κ2) is 3.32. The Morgan fingerprint density at radius 2 is 1.71 bits per heavy atom. The van der Waals surface area contributed by atoms with Crippen LogP contribution in [0.5, 0.6) is 0 Å². The summed E-state index contributed by atoms with van der Waals surface area (Å²) in [6, 6.07) is 0. The lowest BCUT2D eigenvalue weighted by molar-refractivity contribution is 1.88. The first kappa shape index (κ1) is 8.27. The third-order valence-corrected chi connectivity index (χ3v) is 9.77. The van der Waals surface area contributed by atoms with Crippen LogP contribution in [-0.2, 0) is 0 Å². The van der Waals surface area contributed by atoms with Gasteiger partial charge in [0.05, 0.1) is 0 Å². The van der Waals surface area contributed by atoms with Crippen LogP contribution in [0.4, 0.5) is 0 Å². The minimum Gasteiger partial charge on any atom is -0.111 e. The number of hydrogen-bond donors (Lipinski definition) is 1. The largest absolute Gasteiger partial charge is 0.123 e. The molecular weight excluding hydrogens is 160 g/mol. The Morgan fingerprint density at radius 3 is 1.71 bits per heavy atom. The van der Waals surface area contributed by atoms with Gasteiger partial charge in [-0.1, -0.05) is 19.6 Å². The van der Waals surface area contributed by atoms with E-state index in [1.165, 1.54) is 0 Å². The molecule has 44 valence electrons. The van der Waals surface area contributed by atoms with Crippen molar-refractivity contribution in [2.45, 2.75) is 19.6 Å². The van der Waals surface area contributed by atoms with Gasteiger partial charge in [0.25, 0.3) is 0 Å². The molecule has 0 nitrogen and oxygen atoms in total. The molecule has 0 rings (SSSR count). The molecule has 0 spiro atoms. The monoisotopic (exact) mass is 170 g/mol. The van der Waals surface area contributed by atoms with Crippen molar-refractivity contribution < 1.29 is 0 Å². The van der Waals surface area contributed by atoms with Gasteiger partial charge in [-0.3, -0.25) is 0 Å². The van der Waals surface area contributed by atoms with Crippen LogP contribution >= 0.6 is 31.7 Å². The molecule has 0 bridgehead atoms. The van der Waals surface area contributed by atoms with Crippen molar-refractivity contribution in [1.82, 2.24) is 0 Å². The summed E-state index contributed by atoms with van der Waals surface area (Å²) in [5.41, 5.74) is 0. The zero-order valence-corrected chi connectivity index (χ0v) is 8.29. The first-order chi connectivity index (χ1) is 3.06. The highest BCUT2D eigenvalue weighted by molar-refractivity contribution is 9.11. The van der Waals surface area contributed by atoms with Gasteiger partial charge in [-0.2, -0.15) is 0 Å². The molecule has 0 unspecified atom stereocenters. The summed E-state index contributed by atoms with van der Waals surface area (Å²) in [5, 5.41) is 0. The molecular formula is C3H10S3Si. The molecule has 0 aromatic rings. The molecule has 0 aliphatic rings. The number of rotatable bonds is 2. The highest BCUT2D eigenvalue weighted by Gasteiger charge is 2.12. The predicted octanol–water partition coefficient (Wildman–Crippen LogP) is 3.05. The van der Waals surface area contributed by atoms with Crippen molar-refractivity contribution in [3.63, 3.8) is 0 Å². The average Bonchev–Trinajstić information content (AvgIpc) is 1.30. The first-order valence-electron chi connectivity index (χ1n) is 2.05. The molecule has 4 heteroatoms. The minimum absolute atomic E-state index is 0.854. The van der Waals surface area contributed by atoms with E-state index >= 15 is 0 Å². The van der Waals surface area contributed by atoms with Gasteiger partial charge >= 0.3 is 0 Å². The fourth-order valence-corrected chi connectivity index (χ4v) is 9.06. The van der Waals surface area contributed by atoms with Crippen LogP contribution in [0.25, 0.3) is 0 Å². The standard InChI is InChI=1S/C3H10S3Si/c1-7(2,3)6-5-4/h4H,1-3H3. The maximum Gasteiger partial charge on any atom is 0.123 e. The van der Waals surface area contributed by atoms with E-state index in [0.29, 0.717) is 0 Å². The summed E-state index contributed by atoms with van der Waals surface area (Å²) in [6.45, 7) is 6.92. The third-order valence-electron chi connectivity index (χ3n) is 0.287. The van der Waals surface area contributed by atoms with Crippen LogP contribution in [-0.4, -0.2) is 7.22 Å². The van der Waals surface area contributed by atoms with E-state index in [-0.39, 0.29) is 0 Å². The average molecular weight is 170 g/mol. The van der Waals surface area contributed by atoms with E-state index in [1.54, 1.807) is 9.83 Å². The van der Waals surface area contributed by atoms with Crippen molar-refractivity contribution in [2.75, 3.05) is 0 Å². The summed E-state index contributed by atoms with van der Waals surface area (Å²) in [6.07, 6.45) is 0. The van der Waals surface area contributed by atoms with Gasteiger partial charge in [0.2, 0.25) is 0 Å². The SMILES string of the molecule is C[Si](C)(C)SSS. The highest BCUT2D eigenvalue weighted by Crippen LogP contribution is 2.34. The van der Waals surface area contributed by atoms with Gasteiger partial charge in [0.15, 0.2) is 0 Å². The van der Waals surface area contributed by atoms with E-state index in [0.717, 1.165) is 0 Å². The molecule has 0 aromatic heterocycles. The Kier molecular flexibility index (Phi) is 3.92. The maximum absolute atomic E-state index is 4.03. The summed E-state index contributed by atoms with van der Waals surface area (Å²) in [4.78, 5) is 0. The second-order valence-electron chi connectivity index (χ2n) is 2.27. The molecule has 0 aliphatic carbocycles. The van der Waals surface area contributed by atoms with E-state index in [1.807, 2.05) is 10.2 Å². The van der Waals surface area contributed by atoms with Crippen LogP contribution in [0.3, 0.4) is 0 Å². The lowest BCUT2D eigenvalue weighted by Crippen LogP contribution is -2.10. The molecule has 0 N–H and O–H groups in total. The Hall–Kier alpha value is 1.27. The maximum atomic E-state index is 4.03. The zero-order chi connectivity index (χ0) is 5.91. The van der Waals surface area contributed by atoms with Crippen molar-refractivity contribution in [3.05, 3.63) is 0 Å². The lowest BCUT2D eigenvalue weighted by atomic mass is 11.8. The molecule has 0 atom stereocenters. The lowest BCUT2D eigenvalue weighted by Gasteiger charge is -2.09. The normalized spacial score (nSPS) is 12.0. The minimum atomic E-state index is -0.854. The fourth-order valence-electron chi connectivity index (χ4n) is 0.112. The summed E-state index contributed by atoms with van der Waals surface area (Å²) in [7, 11) is 2.64. The predicted molar refractivity (Wildman–Crippen MR) is 47.5 cm³/mol. The van der Waals surface area contributed by atoms with Crippen LogP contribution in [0.15, 0.2) is 0 Å². The smallest absolute Gasteiger partial charge is 0.111 e. The van der Waals surface area contributed by atoms with E-state index in [4.69, 9.17) is 0 Å². The molecule has 0 aliphatic heterocycles. The van der Waals surface area contributed by atoms with Gasteiger partial charge in [-0.25, -0.2) is 0 Å². The van der Waals surface area contributed by atoms with Gasteiger partial charge in [0, 0.05) is 0 Å². The van der Waals surface area contributed by atoms with Crippen LogP contribution in [0, 0.1) is 0 Å². The van der Waals surface area contributed by atoms with E-state index < -0.39 is 7.22 Å². The fraction of sp³-hybridized carbons (Fsp3) is 1.00. The van der Waals surface area contributed by atoms with Crippen molar-refractivity contribution in [3.8, 4) is 0 Å².